The average Bonchev–Trinajstić information content (AvgIpc) is 2.98. The zero-order valence-electron chi connectivity index (χ0n) is 21.5. The smallest absolute Gasteiger partial charge is 0.272 e. The van der Waals surface area contributed by atoms with E-state index in [1.807, 2.05) is 6.07 Å². The van der Waals surface area contributed by atoms with Crippen LogP contribution in [-0.4, -0.2) is 30.6 Å². The van der Waals surface area contributed by atoms with Gasteiger partial charge in [-0.05, 0) is 60.7 Å². The van der Waals surface area contributed by atoms with E-state index in [4.69, 9.17) is 4.74 Å². The van der Waals surface area contributed by atoms with Crippen LogP contribution < -0.4 is 20.7 Å². The molecule has 3 amide bonds. The van der Waals surface area contributed by atoms with Crippen molar-refractivity contribution >= 4 is 46.9 Å². The van der Waals surface area contributed by atoms with E-state index in [0.717, 1.165) is 4.90 Å². The zero-order valence-corrected chi connectivity index (χ0v) is 22.3. The molecule has 0 saturated carbocycles. The molecular formula is C31H26FN3O4S. The Morgan fingerprint density at radius 2 is 1.50 bits per heavy atom. The number of ether oxygens (including phenoxy) is 1. The number of methoxy groups -OCH3 is 1. The molecule has 0 aliphatic carbocycles. The van der Waals surface area contributed by atoms with Gasteiger partial charge >= 0.3 is 0 Å². The normalized spacial score (nSPS) is 10.9. The Hall–Kier alpha value is -4.89. The number of anilines is 2. The number of halogens is 1. The third-order valence-corrected chi connectivity index (χ3v) is 6.61. The molecule has 0 saturated heterocycles. The van der Waals surface area contributed by atoms with E-state index in [-0.39, 0.29) is 23.0 Å². The molecule has 0 spiro atoms. The van der Waals surface area contributed by atoms with Crippen LogP contribution in [0.3, 0.4) is 0 Å². The standard InChI is InChI=1S/C31H26FN3O4S/c1-39-28-14-8-5-11-22(28)19-27(35-30(37)21-9-3-2-4-10-21)31(38)33-23-15-17-24(18-16-23)40-20-29(36)34-26-13-7-6-12-25(26)32/h2-19H,20H2,1H3,(H,33,38)(H,34,36)(H,35,37)/b27-19-. The van der Waals surface area contributed by atoms with Gasteiger partial charge in [0.1, 0.15) is 17.3 Å². The van der Waals surface area contributed by atoms with Crippen LogP contribution in [-0.2, 0) is 9.59 Å². The SMILES string of the molecule is COc1ccccc1/C=C(\NC(=O)c1ccccc1)C(=O)Nc1ccc(SCC(=O)Nc2ccccc2F)cc1. The third kappa shape index (κ3) is 7.81. The van der Waals surface area contributed by atoms with Gasteiger partial charge in [0.25, 0.3) is 11.8 Å². The fourth-order valence-corrected chi connectivity index (χ4v) is 4.31. The Balaban J connectivity index is 1.43. The van der Waals surface area contributed by atoms with Gasteiger partial charge in [0.05, 0.1) is 18.6 Å². The molecule has 0 aromatic heterocycles. The van der Waals surface area contributed by atoms with Crippen molar-refractivity contribution in [2.45, 2.75) is 4.90 Å². The first-order valence-electron chi connectivity index (χ1n) is 12.2. The molecule has 0 aliphatic heterocycles. The lowest BCUT2D eigenvalue weighted by Crippen LogP contribution is -2.30. The summed E-state index contributed by atoms with van der Waals surface area (Å²) in [4.78, 5) is 39.1. The molecule has 4 aromatic rings. The number of hydrogen-bond acceptors (Lipinski definition) is 5. The monoisotopic (exact) mass is 555 g/mol. The highest BCUT2D eigenvalue weighted by atomic mass is 32.2. The predicted molar refractivity (Wildman–Crippen MR) is 156 cm³/mol. The van der Waals surface area contributed by atoms with E-state index >= 15 is 0 Å². The number of benzene rings is 4. The van der Waals surface area contributed by atoms with Gasteiger partial charge in [-0.2, -0.15) is 0 Å². The minimum absolute atomic E-state index is 0.0293. The molecule has 7 nitrogen and oxygen atoms in total. The van der Waals surface area contributed by atoms with E-state index in [0.29, 0.717) is 22.6 Å². The van der Waals surface area contributed by atoms with E-state index in [1.54, 1.807) is 91.0 Å². The molecule has 202 valence electrons. The molecule has 4 rings (SSSR count). The summed E-state index contributed by atoms with van der Waals surface area (Å²) in [6, 6.07) is 28.6. The maximum Gasteiger partial charge on any atom is 0.272 e. The highest BCUT2D eigenvalue weighted by molar-refractivity contribution is 8.00. The largest absolute Gasteiger partial charge is 0.496 e. The number of nitrogens with one attached hydrogen (secondary N) is 3. The Labute approximate surface area is 235 Å². The summed E-state index contributed by atoms with van der Waals surface area (Å²) in [5, 5.41) is 8.04. The third-order valence-electron chi connectivity index (χ3n) is 5.60. The van der Waals surface area contributed by atoms with Crippen molar-refractivity contribution in [1.82, 2.24) is 5.32 Å². The lowest BCUT2D eigenvalue weighted by molar-refractivity contribution is -0.114. The summed E-state index contributed by atoms with van der Waals surface area (Å²) in [6.45, 7) is 0. The first-order chi connectivity index (χ1) is 19.4. The summed E-state index contributed by atoms with van der Waals surface area (Å²) in [6.07, 6.45) is 1.55. The van der Waals surface area contributed by atoms with E-state index in [1.165, 1.54) is 31.0 Å². The van der Waals surface area contributed by atoms with Crippen molar-refractivity contribution in [3.63, 3.8) is 0 Å². The second-order valence-electron chi connectivity index (χ2n) is 8.42. The van der Waals surface area contributed by atoms with Crippen molar-refractivity contribution in [1.29, 1.82) is 0 Å². The quantitative estimate of drug-likeness (QED) is 0.165. The molecule has 0 heterocycles. The number of rotatable bonds is 10. The molecule has 0 fully saturated rings. The van der Waals surface area contributed by atoms with Gasteiger partial charge in [0, 0.05) is 21.7 Å². The van der Waals surface area contributed by atoms with Crippen molar-refractivity contribution in [3.8, 4) is 5.75 Å². The maximum absolute atomic E-state index is 13.7. The molecule has 0 aliphatic rings. The molecule has 0 unspecified atom stereocenters. The number of thioether (sulfide) groups is 1. The van der Waals surface area contributed by atoms with Gasteiger partial charge in [0.15, 0.2) is 0 Å². The van der Waals surface area contributed by atoms with Crippen LogP contribution in [0, 0.1) is 5.82 Å². The average molecular weight is 556 g/mol. The number of amides is 3. The highest BCUT2D eigenvalue weighted by Gasteiger charge is 2.16. The lowest BCUT2D eigenvalue weighted by Gasteiger charge is -2.13. The Morgan fingerprint density at radius 3 is 2.23 bits per heavy atom. The van der Waals surface area contributed by atoms with E-state index in [2.05, 4.69) is 16.0 Å². The van der Waals surface area contributed by atoms with E-state index < -0.39 is 17.6 Å². The second kappa shape index (κ2) is 13.8. The zero-order chi connectivity index (χ0) is 28.3. The number of carbonyl (C=O) groups is 3. The summed E-state index contributed by atoms with van der Waals surface area (Å²) in [7, 11) is 1.53. The number of carbonyl (C=O) groups excluding carboxylic acids is 3. The molecule has 40 heavy (non-hydrogen) atoms. The first-order valence-corrected chi connectivity index (χ1v) is 13.2. The molecule has 4 aromatic carbocycles. The van der Waals surface area contributed by atoms with Crippen molar-refractivity contribution in [2.24, 2.45) is 0 Å². The summed E-state index contributed by atoms with van der Waals surface area (Å²) < 4.78 is 19.1. The Morgan fingerprint density at radius 1 is 0.825 bits per heavy atom. The van der Waals surface area contributed by atoms with Crippen molar-refractivity contribution in [2.75, 3.05) is 23.5 Å². The topological polar surface area (TPSA) is 96.5 Å². The van der Waals surface area contributed by atoms with Crippen LogP contribution in [0.4, 0.5) is 15.8 Å². The fraction of sp³-hybridized carbons (Fsp3) is 0.0645. The predicted octanol–water partition coefficient (Wildman–Crippen LogP) is 5.97. The van der Waals surface area contributed by atoms with Crippen LogP contribution >= 0.6 is 11.8 Å². The van der Waals surface area contributed by atoms with Gasteiger partial charge in [-0.25, -0.2) is 4.39 Å². The molecule has 0 bridgehead atoms. The van der Waals surface area contributed by atoms with Crippen LogP contribution in [0.2, 0.25) is 0 Å². The molecule has 0 atom stereocenters. The highest BCUT2D eigenvalue weighted by Crippen LogP contribution is 2.23. The minimum atomic E-state index is -0.528. The van der Waals surface area contributed by atoms with Gasteiger partial charge in [-0.15, -0.1) is 11.8 Å². The number of para-hydroxylation sites is 2. The van der Waals surface area contributed by atoms with Crippen molar-refractivity contribution in [3.05, 3.63) is 126 Å². The van der Waals surface area contributed by atoms with Crippen LogP contribution in [0.15, 0.2) is 114 Å². The summed E-state index contributed by atoms with van der Waals surface area (Å²) in [5.41, 5.74) is 1.67. The molecular weight excluding hydrogens is 529 g/mol. The summed E-state index contributed by atoms with van der Waals surface area (Å²) >= 11 is 1.27. The van der Waals surface area contributed by atoms with Gasteiger partial charge in [-0.1, -0.05) is 48.5 Å². The van der Waals surface area contributed by atoms with Gasteiger partial charge in [-0.3, -0.25) is 14.4 Å². The van der Waals surface area contributed by atoms with E-state index in [9.17, 15) is 18.8 Å². The Kier molecular flexibility index (Phi) is 9.68. The lowest BCUT2D eigenvalue weighted by atomic mass is 10.1. The number of hydrogen-bond donors (Lipinski definition) is 3. The summed E-state index contributed by atoms with van der Waals surface area (Å²) in [5.74, 6) is -1.18. The van der Waals surface area contributed by atoms with Crippen LogP contribution in [0.25, 0.3) is 6.08 Å². The van der Waals surface area contributed by atoms with Crippen LogP contribution in [0.1, 0.15) is 15.9 Å². The molecule has 3 N–H and O–H groups in total. The first kappa shape index (κ1) is 28.1. The Bertz CT molecular complexity index is 1530. The van der Waals surface area contributed by atoms with Gasteiger partial charge < -0.3 is 20.7 Å². The van der Waals surface area contributed by atoms with Crippen LogP contribution in [0.5, 0.6) is 5.75 Å². The van der Waals surface area contributed by atoms with Gasteiger partial charge in [0.2, 0.25) is 5.91 Å². The maximum atomic E-state index is 13.7. The minimum Gasteiger partial charge on any atom is -0.496 e. The van der Waals surface area contributed by atoms with Crippen molar-refractivity contribution < 1.29 is 23.5 Å². The fourth-order valence-electron chi connectivity index (χ4n) is 3.61. The molecule has 0 radical (unpaired) electrons. The second-order valence-corrected chi connectivity index (χ2v) is 9.46. The molecule has 9 heteroatoms.